The first kappa shape index (κ1) is 17.9. The summed E-state index contributed by atoms with van der Waals surface area (Å²) in [6.07, 6.45) is 2.81. The summed E-state index contributed by atoms with van der Waals surface area (Å²) in [5.74, 6) is -0.241. The molecule has 1 aromatic heterocycles. The number of rotatable bonds is 4. The number of nitrogens with zero attached hydrogens (tertiary/aromatic N) is 3. The number of hydrogen-bond acceptors (Lipinski definition) is 4. The fraction of sp³-hybridized carbons (Fsp3) is 0.238. The summed E-state index contributed by atoms with van der Waals surface area (Å²) in [7, 11) is 0. The Kier molecular flexibility index (Phi) is 4.65. The summed E-state index contributed by atoms with van der Waals surface area (Å²) in [6.45, 7) is 3.94. The first-order valence-electron chi connectivity index (χ1n) is 9.22. The van der Waals surface area contributed by atoms with Crippen molar-refractivity contribution < 1.29 is 9.59 Å². The summed E-state index contributed by atoms with van der Waals surface area (Å²) in [5.41, 5.74) is 5.18. The Morgan fingerprint density at radius 2 is 1.96 bits per heavy atom. The molecule has 7 nitrogen and oxygen atoms in total. The van der Waals surface area contributed by atoms with E-state index < -0.39 is 0 Å². The van der Waals surface area contributed by atoms with E-state index in [1.807, 2.05) is 56.3 Å². The van der Waals surface area contributed by atoms with Gasteiger partial charge in [0.05, 0.1) is 17.9 Å². The van der Waals surface area contributed by atoms with E-state index in [1.54, 1.807) is 10.9 Å². The quantitative estimate of drug-likeness (QED) is 0.734. The lowest BCUT2D eigenvalue weighted by Gasteiger charge is -2.20. The van der Waals surface area contributed by atoms with Crippen molar-refractivity contribution >= 4 is 17.5 Å². The van der Waals surface area contributed by atoms with E-state index in [9.17, 15) is 9.59 Å². The predicted molar refractivity (Wildman–Crippen MR) is 105 cm³/mol. The highest BCUT2D eigenvalue weighted by Crippen LogP contribution is 2.26. The van der Waals surface area contributed by atoms with Crippen LogP contribution in [0.3, 0.4) is 0 Å². The van der Waals surface area contributed by atoms with Crippen LogP contribution in [0.1, 0.15) is 46.6 Å². The van der Waals surface area contributed by atoms with Crippen molar-refractivity contribution in [2.24, 2.45) is 0 Å². The van der Waals surface area contributed by atoms with Crippen LogP contribution in [0.4, 0.5) is 5.69 Å². The number of fused-ring (bicyclic) bond motifs is 1. The van der Waals surface area contributed by atoms with Gasteiger partial charge in [0.1, 0.15) is 0 Å². The van der Waals surface area contributed by atoms with Gasteiger partial charge >= 0.3 is 0 Å². The molecule has 3 aromatic rings. The van der Waals surface area contributed by atoms with Gasteiger partial charge in [-0.1, -0.05) is 35.0 Å². The Bertz CT molecular complexity index is 1040. The maximum absolute atomic E-state index is 12.6. The van der Waals surface area contributed by atoms with E-state index in [1.165, 1.54) is 0 Å². The molecule has 2 amide bonds. The molecule has 1 atom stereocenters. The Morgan fingerprint density at radius 3 is 2.75 bits per heavy atom. The molecule has 2 aromatic carbocycles. The van der Waals surface area contributed by atoms with Gasteiger partial charge in [-0.3, -0.25) is 9.59 Å². The number of carbonyl (C=O) groups excluding carboxylic acids is 2. The van der Waals surface area contributed by atoms with Gasteiger partial charge in [0.2, 0.25) is 5.91 Å². The van der Waals surface area contributed by atoms with Crippen LogP contribution in [0.2, 0.25) is 0 Å². The molecule has 4 rings (SSSR count). The lowest BCUT2D eigenvalue weighted by Crippen LogP contribution is -2.27. The maximum atomic E-state index is 12.6. The summed E-state index contributed by atoms with van der Waals surface area (Å²) in [5, 5.41) is 13.9. The van der Waals surface area contributed by atoms with Crippen molar-refractivity contribution in [3.63, 3.8) is 0 Å². The topological polar surface area (TPSA) is 88.9 Å². The maximum Gasteiger partial charge on any atom is 0.273 e. The van der Waals surface area contributed by atoms with Crippen LogP contribution < -0.4 is 10.6 Å². The van der Waals surface area contributed by atoms with Gasteiger partial charge in [-0.15, -0.1) is 5.10 Å². The number of hydrogen-bond donors (Lipinski definition) is 2. The largest absolute Gasteiger partial charge is 0.344 e. The average molecular weight is 375 g/mol. The molecule has 2 N–H and O–H groups in total. The number of benzene rings is 2. The number of anilines is 1. The molecule has 0 saturated heterocycles. The van der Waals surface area contributed by atoms with Crippen molar-refractivity contribution in [3.8, 4) is 5.69 Å². The highest BCUT2D eigenvalue weighted by Gasteiger charge is 2.19. The van der Waals surface area contributed by atoms with Gasteiger partial charge in [-0.2, -0.15) is 0 Å². The lowest BCUT2D eigenvalue weighted by molar-refractivity contribution is -0.116. The van der Waals surface area contributed by atoms with Crippen molar-refractivity contribution in [2.75, 3.05) is 5.32 Å². The standard InChI is InChI=1S/C21H21N5O2/c1-13-3-7-17(8-4-13)26-12-19(24-25-26)21(28)22-14(2)15-5-9-18-16(11-15)6-10-20(27)23-18/h3-5,7-9,11-12,14H,6,10H2,1-2H3,(H,22,28)(H,23,27). The average Bonchev–Trinajstić information content (AvgIpc) is 3.18. The van der Waals surface area contributed by atoms with E-state index in [0.29, 0.717) is 12.8 Å². The second-order valence-electron chi connectivity index (χ2n) is 7.04. The second-order valence-corrected chi connectivity index (χ2v) is 7.04. The van der Waals surface area contributed by atoms with Crippen LogP contribution in [0.25, 0.3) is 5.69 Å². The van der Waals surface area contributed by atoms with Gasteiger partial charge in [0.25, 0.3) is 5.91 Å². The minimum atomic E-state index is -0.281. The zero-order valence-corrected chi connectivity index (χ0v) is 15.8. The zero-order valence-electron chi connectivity index (χ0n) is 15.8. The summed E-state index contributed by atoms with van der Waals surface area (Å²) >= 11 is 0. The molecule has 0 radical (unpaired) electrons. The Morgan fingerprint density at radius 1 is 1.18 bits per heavy atom. The molecule has 0 fully saturated rings. The van der Waals surface area contributed by atoms with Gasteiger partial charge in [0, 0.05) is 12.1 Å². The molecule has 1 unspecified atom stereocenters. The summed E-state index contributed by atoms with van der Waals surface area (Å²) in [6, 6.07) is 13.5. The fourth-order valence-electron chi connectivity index (χ4n) is 3.22. The molecule has 0 saturated carbocycles. The summed E-state index contributed by atoms with van der Waals surface area (Å²) in [4.78, 5) is 24.1. The molecule has 1 aliphatic rings. The molecule has 1 aliphatic heterocycles. The van der Waals surface area contributed by atoms with Crippen LogP contribution >= 0.6 is 0 Å². The highest BCUT2D eigenvalue weighted by molar-refractivity contribution is 5.94. The number of nitrogens with one attached hydrogen (secondary N) is 2. The minimum absolute atomic E-state index is 0.0401. The SMILES string of the molecule is Cc1ccc(-n2cc(C(=O)NC(C)c3ccc4c(c3)CCC(=O)N4)nn2)cc1. The number of aromatic nitrogens is 3. The molecule has 0 aliphatic carbocycles. The van der Waals surface area contributed by atoms with Gasteiger partial charge in [-0.05, 0) is 49.6 Å². The van der Waals surface area contributed by atoms with Crippen LogP contribution in [0.5, 0.6) is 0 Å². The summed E-state index contributed by atoms with van der Waals surface area (Å²) < 4.78 is 1.58. The highest BCUT2D eigenvalue weighted by atomic mass is 16.2. The second kappa shape index (κ2) is 7.26. The van der Waals surface area contributed by atoms with Crippen LogP contribution in [0.15, 0.2) is 48.7 Å². The molecule has 0 spiro atoms. The minimum Gasteiger partial charge on any atom is -0.344 e. The van der Waals surface area contributed by atoms with E-state index in [4.69, 9.17) is 0 Å². The third kappa shape index (κ3) is 3.64. The third-order valence-electron chi connectivity index (χ3n) is 4.90. The molecular formula is C21H21N5O2. The predicted octanol–water partition coefficient (Wildman–Crippen LogP) is 2.95. The Labute approximate surface area is 162 Å². The first-order chi connectivity index (χ1) is 13.5. The van der Waals surface area contributed by atoms with Crippen LogP contribution in [-0.2, 0) is 11.2 Å². The number of aryl methyl sites for hydroxylation is 2. The molecular weight excluding hydrogens is 354 g/mol. The van der Waals surface area contributed by atoms with E-state index in [0.717, 1.165) is 28.1 Å². The third-order valence-corrected chi connectivity index (χ3v) is 4.90. The number of amides is 2. The van der Waals surface area contributed by atoms with Gasteiger partial charge in [-0.25, -0.2) is 4.68 Å². The van der Waals surface area contributed by atoms with Crippen molar-refractivity contribution in [2.45, 2.75) is 32.7 Å². The van der Waals surface area contributed by atoms with E-state index >= 15 is 0 Å². The molecule has 7 heteroatoms. The number of carbonyl (C=O) groups is 2. The van der Waals surface area contributed by atoms with Crippen molar-refractivity contribution in [3.05, 3.63) is 71.0 Å². The molecule has 0 bridgehead atoms. The Hall–Kier alpha value is -3.48. The van der Waals surface area contributed by atoms with Crippen molar-refractivity contribution in [1.82, 2.24) is 20.3 Å². The first-order valence-corrected chi connectivity index (χ1v) is 9.22. The van der Waals surface area contributed by atoms with E-state index in [2.05, 4.69) is 20.9 Å². The van der Waals surface area contributed by atoms with E-state index in [-0.39, 0.29) is 23.6 Å². The Balaban J connectivity index is 1.46. The molecule has 2 heterocycles. The van der Waals surface area contributed by atoms with Crippen LogP contribution in [-0.4, -0.2) is 26.8 Å². The van der Waals surface area contributed by atoms with Gasteiger partial charge < -0.3 is 10.6 Å². The van der Waals surface area contributed by atoms with Gasteiger partial charge in [0.15, 0.2) is 5.69 Å². The van der Waals surface area contributed by atoms with Crippen LogP contribution in [0, 0.1) is 6.92 Å². The molecule has 28 heavy (non-hydrogen) atoms. The normalized spacial score (nSPS) is 14.1. The zero-order chi connectivity index (χ0) is 19.7. The molecule has 142 valence electrons. The monoisotopic (exact) mass is 375 g/mol. The fourth-order valence-corrected chi connectivity index (χ4v) is 3.22. The lowest BCUT2D eigenvalue weighted by atomic mass is 9.98. The van der Waals surface area contributed by atoms with Crippen molar-refractivity contribution in [1.29, 1.82) is 0 Å². The smallest absolute Gasteiger partial charge is 0.273 e.